The molecule has 5 aromatic rings. The number of benzene rings is 1. The maximum absolute atomic E-state index is 13.9. The molecule has 1 aromatic carbocycles. The molecule has 212 valence electrons. The van der Waals surface area contributed by atoms with Gasteiger partial charge in [-0.1, -0.05) is 55.8 Å². The summed E-state index contributed by atoms with van der Waals surface area (Å²) in [4.78, 5) is 24.8. The molecule has 0 saturated carbocycles. The molecule has 0 saturated heterocycles. The smallest absolute Gasteiger partial charge is 0.213 e. The van der Waals surface area contributed by atoms with Crippen molar-refractivity contribution in [3.05, 3.63) is 81.3 Å². The van der Waals surface area contributed by atoms with Crippen LogP contribution in [0.1, 0.15) is 59.3 Å². The van der Waals surface area contributed by atoms with Gasteiger partial charge in [-0.15, -0.1) is 22.7 Å². The lowest BCUT2D eigenvalue weighted by molar-refractivity contribution is 0.584. The quantitative estimate of drug-likeness (QED) is 0.0893. The molecule has 4 aromatic heterocycles. The lowest BCUT2D eigenvalue weighted by Gasteiger charge is -2.11. The van der Waals surface area contributed by atoms with E-state index in [9.17, 15) is 4.39 Å². The molecule has 0 amide bonds. The maximum atomic E-state index is 13.9. The summed E-state index contributed by atoms with van der Waals surface area (Å²) in [6.07, 6.45) is 5.36. The van der Waals surface area contributed by atoms with Gasteiger partial charge in [0.1, 0.15) is 21.7 Å². The summed E-state index contributed by atoms with van der Waals surface area (Å²) in [6.45, 7) is 6.54. The Balaban J connectivity index is 1.39. The predicted molar refractivity (Wildman–Crippen MR) is 169 cm³/mol. The van der Waals surface area contributed by atoms with Gasteiger partial charge in [0.05, 0.1) is 11.4 Å². The molecule has 5 rings (SSSR count). The van der Waals surface area contributed by atoms with Crippen LogP contribution in [0.25, 0.3) is 21.1 Å². The number of nitrogens with zero attached hydrogens (tertiary/aromatic N) is 5. The first kappa shape index (κ1) is 29.1. The van der Waals surface area contributed by atoms with Crippen LogP contribution in [-0.4, -0.2) is 24.9 Å². The van der Waals surface area contributed by atoms with Crippen LogP contribution in [0.2, 0.25) is 0 Å². The largest absolute Gasteiger partial charge is 0.383 e. The van der Waals surface area contributed by atoms with Crippen LogP contribution < -0.4 is 11.5 Å². The van der Waals surface area contributed by atoms with Gasteiger partial charge in [0.15, 0.2) is 5.16 Å². The molecule has 0 aliphatic heterocycles. The third-order valence-corrected chi connectivity index (χ3v) is 10.0. The maximum Gasteiger partial charge on any atom is 0.213 e. The Bertz CT molecular complexity index is 1630. The van der Waals surface area contributed by atoms with Gasteiger partial charge in [-0.2, -0.15) is 4.39 Å². The Hall–Kier alpha value is -3.41. The van der Waals surface area contributed by atoms with E-state index in [1.807, 2.05) is 11.3 Å². The van der Waals surface area contributed by atoms with Crippen LogP contribution in [0.15, 0.2) is 53.8 Å². The van der Waals surface area contributed by atoms with Crippen LogP contribution in [-0.2, 0) is 18.6 Å². The second-order valence-corrected chi connectivity index (χ2v) is 13.0. The highest BCUT2D eigenvalue weighted by atomic mass is 32.2. The zero-order chi connectivity index (χ0) is 28.9. The van der Waals surface area contributed by atoms with Crippen LogP contribution in [0.5, 0.6) is 0 Å². The van der Waals surface area contributed by atoms with Gasteiger partial charge >= 0.3 is 0 Å². The van der Waals surface area contributed by atoms with Crippen molar-refractivity contribution in [2.45, 2.75) is 63.3 Å². The van der Waals surface area contributed by atoms with Crippen LogP contribution in [0.4, 0.5) is 16.0 Å². The summed E-state index contributed by atoms with van der Waals surface area (Å²) < 4.78 is 13.9. The fourth-order valence-corrected chi connectivity index (χ4v) is 7.84. The molecule has 1 unspecified atom stereocenters. The van der Waals surface area contributed by atoms with Gasteiger partial charge in [0, 0.05) is 45.0 Å². The van der Waals surface area contributed by atoms with E-state index in [0.29, 0.717) is 28.1 Å². The number of hydrogen-bond acceptors (Lipinski definition) is 10. The van der Waals surface area contributed by atoms with E-state index in [4.69, 9.17) is 21.4 Å². The molecule has 11 heteroatoms. The van der Waals surface area contributed by atoms with E-state index in [1.54, 1.807) is 17.4 Å². The molecule has 7 nitrogen and oxygen atoms in total. The molecule has 0 spiro atoms. The van der Waals surface area contributed by atoms with Crippen molar-refractivity contribution in [1.29, 1.82) is 0 Å². The summed E-state index contributed by atoms with van der Waals surface area (Å²) in [5.74, 6) is 0.895. The van der Waals surface area contributed by atoms with Crippen molar-refractivity contribution in [2.24, 2.45) is 0 Å². The van der Waals surface area contributed by atoms with E-state index in [2.05, 4.69) is 60.0 Å². The predicted octanol–water partition coefficient (Wildman–Crippen LogP) is 7.71. The lowest BCUT2D eigenvalue weighted by atomic mass is 10.0. The molecule has 1 atom stereocenters. The Morgan fingerprint density at radius 2 is 1.63 bits per heavy atom. The molecule has 0 aliphatic rings. The van der Waals surface area contributed by atoms with Crippen LogP contribution in [0, 0.1) is 12.9 Å². The highest BCUT2D eigenvalue weighted by Crippen LogP contribution is 2.38. The van der Waals surface area contributed by atoms with E-state index in [-0.39, 0.29) is 5.92 Å². The first-order chi connectivity index (χ1) is 19.8. The van der Waals surface area contributed by atoms with Crippen LogP contribution >= 0.6 is 34.4 Å². The number of pyridine rings is 1. The zero-order valence-corrected chi connectivity index (χ0v) is 25.7. The van der Waals surface area contributed by atoms with Gasteiger partial charge in [-0.05, 0) is 44.2 Å². The Labute approximate surface area is 251 Å². The first-order valence-electron chi connectivity index (χ1n) is 13.5. The Kier molecular flexibility index (Phi) is 9.26. The molecular formula is C30H32FN7S3. The number of nitrogen functional groups attached to an aromatic ring is 2. The third kappa shape index (κ3) is 7.27. The normalized spacial score (nSPS) is 12.1. The number of hydrogen-bond donors (Lipinski definition) is 2. The SMILES string of the molecule is CCCc1sc(-c2cccc(C)c2)nc1CCC(C)c1sc(-c2ccnc(F)c2)nc1CSc1nc(N)cc(N)n1. The van der Waals surface area contributed by atoms with E-state index >= 15 is 0 Å². The van der Waals surface area contributed by atoms with E-state index in [1.165, 1.54) is 51.8 Å². The minimum absolute atomic E-state index is 0.217. The summed E-state index contributed by atoms with van der Waals surface area (Å²) >= 11 is 4.84. The first-order valence-corrected chi connectivity index (χ1v) is 16.1. The van der Waals surface area contributed by atoms with Crippen molar-refractivity contribution in [2.75, 3.05) is 11.5 Å². The highest BCUT2D eigenvalue weighted by molar-refractivity contribution is 7.98. The number of thioether (sulfide) groups is 1. The molecule has 4 N–H and O–H groups in total. The number of anilines is 2. The molecule has 41 heavy (non-hydrogen) atoms. The standard InChI is InChI=1S/C30H32FN7S3/c1-4-6-23-21(35-28(40-23)19-8-5-7-17(2)13-19)10-9-18(3)27-22(16-39-30-37-25(32)15-26(33)38-30)36-29(41-27)20-11-12-34-24(31)14-20/h5,7-8,11-15,18H,4,6,9-10,16H2,1-3H3,(H4,32,33,37,38). The average molecular weight is 606 g/mol. The summed E-state index contributed by atoms with van der Waals surface area (Å²) in [5, 5.41) is 2.35. The second kappa shape index (κ2) is 13.1. The van der Waals surface area contributed by atoms with Crippen molar-refractivity contribution in [3.63, 3.8) is 0 Å². The summed E-state index contributed by atoms with van der Waals surface area (Å²) in [5.41, 5.74) is 17.0. The van der Waals surface area contributed by atoms with Crippen molar-refractivity contribution < 1.29 is 4.39 Å². The number of aryl methyl sites for hydroxylation is 3. The molecule has 0 bridgehead atoms. The average Bonchev–Trinajstić information content (AvgIpc) is 3.55. The summed E-state index contributed by atoms with van der Waals surface area (Å²) in [6, 6.07) is 13.3. The number of nitrogens with two attached hydrogens (primary N) is 2. The Morgan fingerprint density at radius 1 is 0.902 bits per heavy atom. The molecule has 0 fully saturated rings. The topological polar surface area (TPSA) is 116 Å². The minimum Gasteiger partial charge on any atom is -0.383 e. The van der Waals surface area contributed by atoms with Crippen molar-refractivity contribution >= 4 is 46.1 Å². The third-order valence-electron chi connectivity index (χ3n) is 6.57. The second-order valence-electron chi connectivity index (χ2n) is 9.93. The fraction of sp³-hybridized carbons (Fsp3) is 0.300. The van der Waals surface area contributed by atoms with Gasteiger partial charge in [-0.3, -0.25) is 0 Å². The van der Waals surface area contributed by atoms with Crippen LogP contribution in [0.3, 0.4) is 0 Å². The molecular weight excluding hydrogens is 574 g/mol. The number of thiazole rings is 2. The lowest BCUT2D eigenvalue weighted by Crippen LogP contribution is -2.01. The number of rotatable bonds is 11. The summed E-state index contributed by atoms with van der Waals surface area (Å²) in [7, 11) is 0. The molecule has 4 heterocycles. The number of aromatic nitrogens is 5. The Morgan fingerprint density at radius 3 is 2.37 bits per heavy atom. The van der Waals surface area contributed by atoms with Crippen molar-refractivity contribution in [1.82, 2.24) is 24.9 Å². The van der Waals surface area contributed by atoms with Gasteiger partial charge in [-0.25, -0.2) is 24.9 Å². The van der Waals surface area contributed by atoms with E-state index < -0.39 is 5.95 Å². The van der Waals surface area contributed by atoms with Gasteiger partial charge < -0.3 is 11.5 Å². The van der Waals surface area contributed by atoms with E-state index in [0.717, 1.165) is 46.3 Å². The van der Waals surface area contributed by atoms with Crippen molar-refractivity contribution in [3.8, 4) is 21.1 Å². The monoisotopic (exact) mass is 605 g/mol. The highest BCUT2D eigenvalue weighted by Gasteiger charge is 2.21. The van der Waals surface area contributed by atoms with Gasteiger partial charge in [0.25, 0.3) is 0 Å². The molecule has 0 aliphatic carbocycles. The number of halogens is 1. The fourth-order valence-electron chi connectivity index (χ4n) is 4.56. The molecule has 0 radical (unpaired) electrons. The van der Waals surface area contributed by atoms with Gasteiger partial charge in [0.2, 0.25) is 5.95 Å². The zero-order valence-electron chi connectivity index (χ0n) is 23.2. The minimum atomic E-state index is -0.525.